The summed E-state index contributed by atoms with van der Waals surface area (Å²) in [6.45, 7) is 4.84. The Morgan fingerprint density at radius 1 is 0.388 bits per heavy atom. The van der Waals surface area contributed by atoms with Crippen LogP contribution >= 0.6 is 0 Å². The molecule has 13 rings (SSSR count). The summed E-state index contributed by atoms with van der Waals surface area (Å²) in [5, 5.41) is 7.43. The first-order valence-corrected chi connectivity index (χ1v) is 23.6. The Hall–Kier alpha value is -8.20. The molecule has 2 atom stereocenters. The Bertz CT molecular complexity index is 3800. The number of allylic oxidation sites excluding steroid dienone is 4. The van der Waals surface area contributed by atoms with Crippen molar-refractivity contribution in [1.82, 2.24) is 4.57 Å². The first kappa shape index (κ1) is 39.2. The van der Waals surface area contributed by atoms with Crippen LogP contribution in [0.3, 0.4) is 0 Å². The van der Waals surface area contributed by atoms with Gasteiger partial charge in [-0.3, -0.25) is 0 Å². The smallest absolute Gasteiger partial charge is 0.0541 e. The van der Waals surface area contributed by atoms with E-state index in [1.165, 1.54) is 99.2 Å². The maximum Gasteiger partial charge on any atom is 0.0541 e. The predicted molar refractivity (Wildman–Crippen MR) is 284 cm³/mol. The van der Waals surface area contributed by atoms with Gasteiger partial charge in [0.2, 0.25) is 0 Å². The second kappa shape index (κ2) is 15.5. The molecule has 0 aliphatic heterocycles. The molecular formula is C65H48N2. The van der Waals surface area contributed by atoms with Crippen LogP contribution in [0.15, 0.2) is 243 Å². The third-order valence-electron chi connectivity index (χ3n) is 14.8. The Kier molecular flexibility index (Phi) is 9.05. The largest absolute Gasteiger partial charge is 0.310 e. The minimum absolute atomic E-state index is 0.00367. The Balaban J connectivity index is 0.911. The van der Waals surface area contributed by atoms with Gasteiger partial charge in [-0.15, -0.1) is 0 Å². The third-order valence-corrected chi connectivity index (χ3v) is 14.8. The fourth-order valence-corrected chi connectivity index (χ4v) is 11.5. The Labute approximate surface area is 392 Å². The number of para-hydroxylation sites is 1. The van der Waals surface area contributed by atoms with Crippen molar-refractivity contribution in [2.45, 2.75) is 25.2 Å². The van der Waals surface area contributed by atoms with Crippen LogP contribution in [0.1, 0.15) is 30.9 Å². The molecule has 2 unspecified atom stereocenters. The molecular weight excluding hydrogens is 809 g/mol. The van der Waals surface area contributed by atoms with Crippen LogP contribution in [0.4, 0.5) is 17.1 Å². The Morgan fingerprint density at radius 3 is 1.87 bits per heavy atom. The zero-order valence-corrected chi connectivity index (χ0v) is 37.6. The van der Waals surface area contributed by atoms with Crippen molar-refractivity contribution in [2.24, 2.45) is 5.92 Å². The molecule has 0 bridgehead atoms. The van der Waals surface area contributed by atoms with Crippen LogP contribution in [0, 0.1) is 5.92 Å². The van der Waals surface area contributed by atoms with Crippen molar-refractivity contribution in [2.75, 3.05) is 4.90 Å². The van der Waals surface area contributed by atoms with E-state index in [2.05, 4.69) is 266 Å². The van der Waals surface area contributed by atoms with Crippen molar-refractivity contribution in [1.29, 1.82) is 0 Å². The van der Waals surface area contributed by atoms with Gasteiger partial charge in [0.1, 0.15) is 0 Å². The second-order valence-corrected chi connectivity index (χ2v) is 19.0. The summed E-state index contributed by atoms with van der Waals surface area (Å²) >= 11 is 0. The summed E-state index contributed by atoms with van der Waals surface area (Å²) in [4.78, 5) is 2.46. The molecule has 0 radical (unpaired) electrons. The lowest BCUT2D eigenvalue weighted by Gasteiger charge is -2.30. The van der Waals surface area contributed by atoms with E-state index < -0.39 is 0 Å². The number of benzene rings is 10. The van der Waals surface area contributed by atoms with Gasteiger partial charge in [-0.2, -0.15) is 0 Å². The first-order valence-electron chi connectivity index (χ1n) is 23.6. The molecule has 11 aromatic rings. The summed E-state index contributed by atoms with van der Waals surface area (Å²) in [5.41, 5.74) is 17.1. The molecule has 0 amide bonds. The molecule has 1 heterocycles. The highest BCUT2D eigenvalue weighted by Crippen LogP contribution is 2.54. The molecule has 67 heavy (non-hydrogen) atoms. The van der Waals surface area contributed by atoms with Crippen LogP contribution in [-0.4, -0.2) is 4.57 Å². The molecule has 2 nitrogen and oxygen atoms in total. The second-order valence-electron chi connectivity index (χ2n) is 19.0. The van der Waals surface area contributed by atoms with Gasteiger partial charge in [0.25, 0.3) is 0 Å². The quantitative estimate of drug-likeness (QED) is 0.155. The molecule has 0 spiro atoms. The van der Waals surface area contributed by atoms with Gasteiger partial charge in [0.15, 0.2) is 0 Å². The van der Waals surface area contributed by atoms with E-state index in [1.807, 2.05) is 0 Å². The molecule has 1 aromatic heterocycles. The van der Waals surface area contributed by atoms with Crippen molar-refractivity contribution in [3.8, 4) is 39.1 Å². The maximum absolute atomic E-state index is 2.47. The number of rotatable bonds is 7. The minimum atomic E-state index is -0.00367. The van der Waals surface area contributed by atoms with E-state index in [0.717, 1.165) is 11.4 Å². The number of hydrogen-bond donors (Lipinski definition) is 0. The predicted octanol–water partition coefficient (Wildman–Crippen LogP) is 17.7. The normalized spacial score (nSPS) is 15.9. The average Bonchev–Trinajstić information content (AvgIpc) is 3.83. The lowest BCUT2D eigenvalue weighted by Crippen LogP contribution is -2.24. The zero-order chi connectivity index (χ0) is 44.6. The topological polar surface area (TPSA) is 8.17 Å². The monoisotopic (exact) mass is 856 g/mol. The van der Waals surface area contributed by atoms with Gasteiger partial charge in [0, 0.05) is 39.1 Å². The number of hydrogen-bond acceptors (Lipinski definition) is 1. The number of fused-ring (bicyclic) bond motifs is 8. The van der Waals surface area contributed by atoms with Crippen LogP contribution < -0.4 is 4.90 Å². The lowest BCUT2D eigenvalue weighted by molar-refractivity contribution is 0.394. The summed E-state index contributed by atoms with van der Waals surface area (Å²) in [5.74, 6) is 0.839. The molecule has 2 heteroatoms. The van der Waals surface area contributed by atoms with E-state index in [9.17, 15) is 0 Å². The SMILES string of the molecule is CC1(C)c2cc(N(c3cccc(-c4cccc(-c5ccc6c(c5)c5ccccc5n6-c5cccc6ccccc56)c4)c3)c3ccc4cc(-c5ccccc5)ccc4c3)ccc2C2C=CC=CC21. The zero-order valence-electron chi connectivity index (χ0n) is 37.6. The van der Waals surface area contributed by atoms with Gasteiger partial charge in [-0.1, -0.05) is 184 Å². The van der Waals surface area contributed by atoms with Crippen molar-refractivity contribution < 1.29 is 0 Å². The fraction of sp³-hybridized carbons (Fsp3) is 0.0769. The number of aromatic nitrogens is 1. The van der Waals surface area contributed by atoms with Crippen LogP contribution in [0.5, 0.6) is 0 Å². The molecule has 2 aliphatic carbocycles. The maximum atomic E-state index is 2.47. The van der Waals surface area contributed by atoms with E-state index in [4.69, 9.17) is 0 Å². The molecule has 318 valence electrons. The van der Waals surface area contributed by atoms with Crippen molar-refractivity contribution in [3.05, 3.63) is 254 Å². The van der Waals surface area contributed by atoms with Crippen LogP contribution in [0.25, 0.3) is 82.4 Å². The van der Waals surface area contributed by atoms with Crippen LogP contribution in [-0.2, 0) is 5.41 Å². The highest BCUT2D eigenvalue weighted by atomic mass is 15.1. The highest BCUT2D eigenvalue weighted by molar-refractivity contribution is 6.11. The van der Waals surface area contributed by atoms with Gasteiger partial charge in [-0.05, 0) is 145 Å². The first-order chi connectivity index (χ1) is 33.0. The molecule has 0 saturated carbocycles. The van der Waals surface area contributed by atoms with Gasteiger partial charge in [-0.25, -0.2) is 0 Å². The summed E-state index contributed by atoms with van der Waals surface area (Å²) in [7, 11) is 0. The molecule has 10 aromatic carbocycles. The molecule has 0 fully saturated rings. The van der Waals surface area contributed by atoms with Gasteiger partial charge in [0.05, 0.1) is 16.7 Å². The van der Waals surface area contributed by atoms with Gasteiger partial charge >= 0.3 is 0 Å². The molecule has 0 N–H and O–H groups in total. The lowest BCUT2D eigenvalue weighted by atomic mass is 9.74. The number of nitrogens with zero attached hydrogens (tertiary/aromatic N) is 2. The fourth-order valence-electron chi connectivity index (χ4n) is 11.5. The Morgan fingerprint density at radius 2 is 0.985 bits per heavy atom. The third kappa shape index (κ3) is 6.47. The summed E-state index contributed by atoms with van der Waals surface area (Å²) in [6, 6.07) is 80.9. The van der Waals surface area contributed by atoms with Gasteiger partial charge < -0.3 is 9.47 Å². The van der Waals surface area contributed by atoms with E-state index in [-0.39, 0.29) is 5.41 Å². The molecule has 0 saturated heterocycles. The van der Waals surface area contributed by atoms with E-state index in [1.54, 1.807) is 0 Å². The highest BCUT2D eigenvalue weighted by Gasteiger charge is 2.44. The average molecular weight is 857 g/mol. The standard InChI is InChI=1S/C65H48N2/c1-65(2)60-26-10-8-24-56(60)57-35-34-54(42-61(57)65)66(53-33-31-49-38-48(29-30-50(49)40-53)43-15-4-3-5-16-43)52-22-13-21-47(39-52)45-19-12-20-46(37-45)51-32-36-64-59(41-51)58-25-9-11-27-63(58)67(64)62-28-14-18-44-17-6-7-23-55(44)62/h3-42,56,60H,1-2H3. The minimum Gasteiger partial charge on any atom is -0.310 e. The van der Waals surface area contributed by atoms with Crippen molar-refractivity contribution >= 4 is 60.4 Å². The summed E-state index contributed by atoms with van der Waals surface area (Å²) < 4.78 is 2.44. The number of anilines is 3. The van der Waals surface area contributed by atoms with E-state index >= 15 is 0 Å². The van der Waals surface area contributed by atoms with Crippen LogP contribution in [0.2, 0.25) is 0 Å². The molecule has 2 aliphatic rings. The van der Waals surface area contributed by atoms with E-state index in [0.29, 0.717) is 11.8 Å². The van der Waals surface area contributed by atoms with Crippen molar-refractivity contribution in [3.63, 3.8) is 0 Å². The summed E-state index contributed by atoms with van der Waals surface area (Å²) in [6.07, 6.45) is 9.25.